The van der Waals surface area contributed by atoms with Crippen LogP contribution in [0.4, 0.5) is 13.2 Å². The first-order valence-corrected chi connectivity index (χ1v) is 4.75. The molecule has 0 aliphatic rings. The number of alkyl halides is 3. The first kappa shape index (κ1) is 15.6. The molecule has 0 unspecified atom stereocenters. The van der Waals surface area contributed by atoms with Crippen molar-refractivity contribution < 1.29 is 77.5 Å². The first-order valence-electron chi connectivity index (χ1n) is 3.34. The molecule has 0 saturated carbocycles. The summed E-state index contributed by atoms with van der Waals surface area (Å²) in [4.78, 5) is -0.675. The molecule has 0 bridgehead atoms. The summed E-state index contributed by atoms with van der Waals surface area (Å²) in [5.41, 5.74) is -0.995. The summed E-state index contributed by atoms with van der Waals surface area (Å²) in [5, 5.41) is 0. The van der Waals surface area contributed by atoms with E-state index in [0.717, 1.165) is 0 Å². The largest absolute Gasteiger partial charge is 1.00 e. The Kier molecular flexibility index (Phi) is 5.45. The van der Waals surface area contributed by atoms with Crippen LogP contribution in [0.25, 0.3) is 0 Å². The minimum Gasteiger partial charge on any atom is -0.744 e. The average molecular weight is 264 g/mol. The van der Waals surface area contributed by atoms with Gasteiger partial charge < -0.3 is 4.55 Å². The third kappa shape index (κ3) is 4.51. The summed E-state index contributed by atoms with van der Waals surface area (Å²) < 4.78 is 67.0. The van der Waals surface area contributed by atoms with E-state index in [0.29, 0.717) is 24.3 Å². The molecule has 0 aromatic heterocycles. The molecule has 0 aliphatic heterocycles. The van der Waals surface area contributed by atoms with E-state index in [4.69, 9.17) is 0 Å². The van der Waals surface area contributed by atoms with Crippen LogP contribution in [0.3, 0.4) is 0 Å². The second-order valence-corrected chi connectivity index (χ2v) is 3.86. The molecule has 15 heavy (non-hydrogen) atoms. The molecule has 0 amide bonds. The van der Waals surface area contributed by atoms with E-state index < -0.39 is 26.8 Å². The molecule has 0 radical (unpaired) electrons. The fraction of sp³-hybridized carbons (Fsp3) is 0.143. The number of rotatable bonds is 1. The van der Waals surface area contributed by atoms with Crippen molar-refractivity contribution in [3.8, 4) is 0 Å². The van der Waals surface area contributed by atoms with Gasteiger partial charge in [-0.1, -0.05) is 0 Å². The first-order chi connectivity index (χ1) is 6.21. The Morgan fingerprint density at radius 2 is 1.47 bits per heavy atom. The summed E-state index contributed by atoms with van der Waals surface area (Å²) >= 11 is 0. The van der Waals surface area contributed by atoms with Gasteiger partial charge >= 0.3 is 57.6 Å². The number of halogens is 3. The Morgan fingerprint density at radius 1 is 1.07 bits per heavy atom. The van der Waals surface area contributed by atoms with Gasteiger partial charge in [-0.2, -0.15) is 13.2 Å². The average Bonchev–Trinajstić information content (AvgIpc) is 2.01. The molecular formula is C7H4F3KO3S. The topological polar surface area (TPSA) is 57.2 Å². The van der Waals surface area contributed by atoms with Crippen LogP contribution < -0.4 is 51.4 Å². The second kappa shape index (κ2) is 5.26. The minimum absolute atomic E-state index is 0. The third-order valence-corrected chi connectivity index (χ3v) is 2.32. The van der Waals surface area contributed by atoms with Gasteiger partial charge in [0, 0.05) is 0 Å². The summed E-state index contributed by atoms with van der Waals surface area (Å²) in [7, 11) is -4.68. The van der Waals surface area contributed by atoms with E-state index in [1.165, 1.54) is 0 Å². The van der Waals surface area contributed by atoms with Crippen LogP contribution in [-0.2, 0) is 16.3 Å². The maximum absolute atomic E-state index is 12.0. The van der Waals surface area contributed by atoms with Gasteiger partial charge in [-0.05, 0) is 24.3 Å². The molecular weight excluding hydrogens is 260 g/mol. The maximum atomic E-state index is 12.0. The normalized spacial score (nSPS) is 12.0. The summed E-state index contributed by atoms with van der Waals surface area (Å²) in [5.74, 6) is 0. The zero-order valence-electron chi connectivity index (χ0n) is 7.58. The molecule has 1 rings (SSSR count). The van der Waals surface area contributed by atoms with E-state index in [2.05, 4.69) is 0 Å². The standard InChI is InChI=1S/C7H5F3O3S.K/c8-7(9,10)5-1-3-6(4-2-5)14(11,12)13;/h1-4H,(H,11,12,13);/q;+1/p-1. The summed E-state index contributed by atoms with van der Waals surface area (Å²) in [6.45, 7) is 0. The molecule has 0 fully saturated rings. The van der Waals surface area contributed by atoms with Crippen molar-refractivity contribution in [2.24, 2.45) is 0 Å². The fourth-order valence-corrected chi connectivity index (χ4v) is 1.28. The molecule has 78 valence electrons. The summed E-state index contributed by atoms with van der Waals surface area (Å²) in [6.07, 6.45) is -4.54. The van der Waals surface area contributed by atoms with Gasteiger partial charge in [0.2, 0.25) is 0 Å². The van der Waals surface area contributed by atoms with Crippen molar-refractivity contribution in [3.05, 3.63) is 29.8 Å². The maximum Gasteiger partial charge on any atom is 1.00 e. The van der Waals surface area contributed by atoms with Crippen LogP contribution in [0.2, 0.25) is 0 Å². The van der Waals surface area contributed by atoms with E-state index in [-0.39, 0.29) is 51.4 Å². The van der Waals surface area contributed by atoms with Crippen molar-refractivity contribution in [2.75, 3.05) is 0 Å². The van der Waals surface area contributed by atoms with Gasteiger partial charge in [0.05, 0.1) is 10.5 Å². The number of hydrogen-bond donors (Lipinski definition) is 0. The monoisotopic (exact) mass is 264 g/mol. The summed E-state index contributed by atoms with van der Waals surface area (Å²) in [6, 6.07) is 2.35. The van der Waals surface area contributed by atoms with Gasteiger partial charge in [0.25, 0.3) is 0 Å². The van der Waals surface area contributed by atoms with Gasteiger partial charge in [-0.3, -0.25) is 0 Å². The Balaban J connectivity index is 0.00000196. The predicted octanol–water partition coefficient (Wildman–Crippen LogP) is -1.39. The molecule has 0 saturated heterocycles. The number of hydrogen-bond acceptors (Lipinski definition) is 3. The van der Waals surface area contributed by atoms with Crippen LogP contribution in [0.5, 0.6) is 0 Å². The van der Waals surface area contributed by atoms with Crippen LogP contribution >= 0.6 is 0 Å². The molecule has 0 atom stereocenters. The smallest absolute Gasteiger partial charge is 0.744 e. The van der Waals surface area contributed by atoms with Crippen molar-refractivity contribution >= 4 is 10.1 Å². The molecule has 0 N–H and O–H groups in total. The Bertz CT molecular complexity index is 424. The Labute approximate surface area is 127 Å². The number of benzene rings is 1. The van der Waals surface area contributed by atoms with Crippen LogP contribution in [0, 0.1) is 0 Å². The third-order valence-electron chi connectivity index (χ3n) is 1.47. The predicted molar refractivity (Wildman–Crippen MR) is 39.4 cm³/mol. The SMILES string of the molecule is O=S(=O)([O-])c1ccc(C(F)(F)F)cc1.[K+]. The zero-order chi connectivity index (χ0) is 11.0. The van der Waals surface area contributed by atoms with Crippen LogP contribution in [0.15, 0.2) is 29.2 Å². The molecule has 8 heteroatoms. The minimum atomic E-state index is -4.68. The van der Waals surface area contributed by atoms with Crippen molar-refractivity contribution in [1.29, 1.82) is 0 Å². The quantitative estimate of drug-likeness (QED) is 0.464. The fourth-order valence-electron chi connectivity index (χ4n) is 0.811. The van der Waals surface area contributed by atoms with E-state index in [1.54, 1.807) is 0 Å². The molecule has 1 aromatic carbocycles. The van der Waals surface area contributed by atoms with Gasteiger partial charge in [0.1, 0.15) is 10.1 Å². The zero-order valence-corrected chi connectivity index (χ0v) is 11.5. The van der Waals surface area contributed by atoms with Crippen molar-refractivity contribution in [3.63, 3.8) is 0 Å². The van der Waals surface area contributed by atoms with E-state index >= 15 is 0 Å². The van der Waals surface area contributed by atoms with E-state index in [1.807, 2.05) is 0 Å². The van der Waals surface area contributed by atoms with E-state index in [9.17, 15) is 26.1 Å². The molecule has 3 nitrogen and oxygen atoms in total. The van der Waals surface area contributed by atoms with Crippen LogP contribution in [-0.4, -0.2) is 13.0 Å². The molecule has 0 spiro atoms. The second-order valence-electron chi connectivity index (χ2n) is 2.48. The van der Waals surface area contributed by atoms with Crippen molar-refractivity contribution in [1.82, 2.24) is 0 Å². The Morgan fingerprint density at radius 3 is 1.73 bits per heavy atom. The molecule has 0 aliphatic carbocycles. The van der Waals surface area contributed by atoms with Crippen molar-refractivity contribution in [2.45, 2.75) is 11.1 Å². The van der Waals surface area contributed by atoms with Gasteiger partial charge in [0.15, 0.2) is 0 Å². The van der Waals surface area contributed by atoms with Crippen LogP contribution in [0.1, 0.15) is 5.56 Å². The molecule has 1 aromatic rings. The Hall–Kier alpha value is 0.556. The molecule has 0 heterocycles. The van der Waals surface area contributed by atoms with Gasteiger partial charge in [-0.25, -0.2) is 8.42 Å². The van der Waals surface area contributed by atoms with Gasteiger partial charge in [-0.15, -0.1) is 0 Å².